The van der Waals surface area contributed by atoms with Gasteiger partial charge in [-0.15, -0.1) is 0 Å². The van der Waals surface area contributed by atoms with Crippen molar-refractivity contribution in [3.8, 4) is 5.75 Å². The molecule has 1 atom stereocenters. The minimum atomic E-state index is -3.85. The lowest BCUT2D eigenvalue weighted by atomic mass is 10.2. The number of carbonyl (C=O) groups excluding carboxylic acids is 1. The smallest absolute Gasteiger partial charge is 0.410 e. The third kappa shape index (κ3) is 4.69. The van der Waals surface area contributed by atoms with Crippen LogP contribution in [0.5, 0.6) is 5.75 Å². The maximum atomic E-state index is 14.5. The summed E-state index contributed by atoms with van der Waals surface area (Å²) in [6, 6.07) is 9.71. The standard InChI is InChI=1S/C17H18F2N2O4S/c1-3-11(2)26(23,24)21-14-10-9-13(18)16(15(14)19)20-17(22)25-12-7-5-4-6-8-12/h4-11,21H,3H2,1-2H3,(H,20,22). The maximum absolute atomic E-state index is 14.5. The molecule has 0 heterocycles. The first-order valence-electron chi connectivity index (χ1n) is 7.78. The fourth-order valence-electron chi connectivity index (χ4n) is 1.94. The van der Waals surface area contributed by atoms with Crippen LogP contribution in [0.3, 0.4) is 0 Å². The zero-order valence-corrected chi connectivity index (χ0v) is 14.9. The minimum Gasteiger partial charge on any atom is -0.410 e. The predicted octanol–water partition coefficient (Wildman–Crippen LogP) is 4.12. The molecule has 0 radical (unpaired) electrons. The lowest BCUT2D eigenvalue weighted by molar-refractivity contribution is 0.215. The van der Waals surface area contributed by atoms with Gasteiger partial charge >= 0.3 is 6.09 Å². The van der Waals surface area contributed by atoms with Crippen molar-refractivity contribution in [3.63, 3.8) is 0 Å². The number of sulfonamides is 1. The molecule has 0 aliphatic carbocycles. The second kappa shape index (κ2) is 8.13. The van der Waals surface area contributed by atoms with Gasteiger partial charge in [0.15, 0.2) is 5.82 Å². The fraction of sp³-hybridized carbons (Fsp3) is 0.235. The molecule has 2 aromatic carbocycles. The molecule has 1 amide bonds. The van der Waals surface area contributed by atoms with Gasteiger partial charge in [0.05, 0.1) is 10.9 Å². The molecule has 0 fully saturated rings. The van der Waals surface area contributed by atoms with Gasteiger partial charge in [-0.05, 0) is 37.6 Å². The molecular weight excluding hydrogens is 366 g/mol. The molecule has 1 unspecified atom stereocenters. The molecule has 2 N–H and O–H groups in total. The van der Waals surface area contributed by atoms with E-state index in [0.717, 1.165) is 12.1 Å². The van der Waals surface area contributed by atoms with E-state index in [2.05, 4.69) is 4.72 Å². The highest BCUT2D eigenvalue weighted by molar-refractivity contribution is 7.93. The van der Waals surface area contributed by atoms with Crippen LogP contribution >= 0.6 is 0 Å². The van der Waals surface area contributed by atoms with Gasteiger partial charge in [-0.3, -0.25) is 10.0 Å². The molecule has 0 saturated heterocycles. The van der Waals surface area contributed by atoms with Gasteiger partial charge < -0.3 is 4.74 Å². The number of nitrogens with one attached hydrogen (secondary N) is 2. The quantitative estimate of drug-likeness (QED) is 0.785. The number of carbonyl (C=O) groups is 1. The number of benzene rings is 2. The summed E-state index contributed by atoms with van der Waals surface area (Å²) in [5, 5.41) is 1.18. The fourth-order valence-corrected chi connectivity index (χ4v) is 3.05. The topological polar surface area (TPSA) is 84.5 Å². The van der Waals surface area contributed by atoms with E-state index in [1.807, 2.05) is 5.32 Å². The van der Waals surface area contributed by atoms with Crippen LogP contribution in [0.1, 0.15) is 20.3 Å². The average Bonchev–Trinajstić information content (AvgIpc) is 2.61. The number of hydrogen-bond donors (Lipinski definition) is 2. The Balaban J connectivity index is 2.23. The third-order valence-electron chi connectivity index (χ3n) is 3.63. The second-order valence-electron chi connectivity index (χ2n) is 5.48. The molecule has 0 saturated carbocycles. The molecule has 26 heavy (non-hydrogen) atoms. The third-order valence-corrected chi connectivity index (χ3v) is 5.53. The van der Waals surface area contributed by atoms with Gasteiger partial charge in [0.2, 0.25) is 10.0 Å². The second-order valence-corrected chi connectivity index (χ2v) is 7.58. The summed E-state index contributed by atoms with van der Waals surface area (Å²) in [6.07, 6.45) is -0.803. The monoisotopic (exact) mass is 384 g/mol. The Morgan fingerprint density at radius 3 is 2.42 bits per heavy atom. The van der Waals surface area contributed by atoms with Crippen molar-refractivity contribution >= 4 is 27.5 Å². The van der Waals surface area contributed by atoms with E-state index >= 15 is 0 Å². The number of rotatable bonds is 6. The Morgan fingerprint density at radius 2 is 1.81 bits per heavy atom. The molecule has 0 aliphatic heterocycles. The van der Waals surface area contributed by atoms with E-state index in [0.29, 0.717) is 6.42 Å². The van der Waals surface area contributed by atoms with Gasteiger partial charge in [-0.25, -0.2) is 22.0 Å². The van der Waals surface area contributed by atoms with Crippen LogP contribution in [0.4, 0.5) is 25.0 Å². The zero-order chi connectivity index (χ0) is 19.3. The molecule has 2 aromatic rings. The van der Waals surface area contributed by atoms with Crippen molar-refractivity contribution in [3.05, 3.63) is 54.1 Å². The highest BCUT2D eigenvalue weighted by atomic mass is 32.2. The van der Waals surface area contributed by atoms with E-state index in [1.54, 1.807) is 25.1 Å². The van der Waals surface area contributed by atoms with Crippen molar-refractivity contribution < 1.29 is 26.7 Å². The molecule has 140 valence electrons. The van der Waals surface area contributed by atoms with Crippen molar-refractivity contribution in [1.82, 2.24) is 0 Å². The molecule has 0 bridgehead atoms. The molecule has 9 heteroatoms. The van der Waals surface area contributed by atoms with Crippen LogP contribution in [-0.4, -0.2) is 19.8 Å². The molecule has 6 nitrogen and oxygen atoms in total. The largest absolute Gasteiger partial charge is 0.417 e. The zero-order valence-electron chi connectivity index (χ0n) is 14.1. The van der Waals surface area contributed by atoms with Gasteiger partial charge in [0.25, 0.3) is 0 Å². The minimum absolute atomic E-state index is 0.180. The first kappa shape index (κ1) is 19.6. The molecular formula is C17H18F2N2O4S. The summed E-state index contributed by atoms with van der Waals surface area (Å²) in [6.45, 7) is 3.12. The van der Waals surface area contributed by atoms with Crippen LogP contribution in [0.15, 0.2) is 42.5 Å². The van der Waals surface area contributed by atoms with Crippen molar-refractivity contribution in [2.24, 2.45) is 0 Å². The number of halogens is 2. The number of para-hydroxylation sites is 1. The van der Waals surface area contributed by atoms with Crippen LogP contribution < -0.4 is 14.8 Å². The van der Waals surface area contributed by atoms with Crippen LogP contribution in [0.2, 0.25) is 0 Å². The number of amides is 1. The Labute approximate surface area is 150 Å². The van der Waals surface area contributed by atoms with Gasteiger partial charge in [-0.2, -0.15) is 0 Å². The average molecular weight is 384 g/mol. The molecule has 0 aromatic heterocycles. The molecule has 0 spiro atoms. The normalized spacial score (nSPS) is 12.3. The van der Waals surface area contributed by atoms with E-state index in [-0.39, 0.29) is 5.75 Å². The Bertz CT molecular complexity index is 889. The summed E-state index contributed by atoms with van der Waals surface area (Å²) >= 11 is 0. The Morgan fingerprint density at radius 1 is 1.15 bits per heavy atom. The summed E-state index contributed by atoms with van der Waals surface area (Å²) in [5.41, 5.74) is -1.28. The lowest BCUT2D eigenvalue weighted by Gasteiger charge is -2.15. The van der Waals surface area contributed by atoms with Gasteiger partial charge in [-0.1, -0.05) is 25.1 Å². The highest BCUT2D eigenvalue weighted by Gasteiger charge is 2.23. The van der Waals surface area contributed by atoms with Crippen LogP contribution in [0, 0.1) is 11.6 Å². The predicted molar refractivity (Wildman–Crippen MR) is 94.7 cm³/mol. The molecule has 2 rings (SSSR count). The van der Waals surface area contributed by atoms with Crippen LogP contribution in [0.25, 0.3) is 0 Å². The number of ether oxygens (including phenoxy) is 1. The van der Waals surface area contributed by atoms with Crippen molar-refractivity contribution in [2.75, 3.05) is 10.0 Å². The number of hydrogen-bond acceptors (Lipinski definition) is 4. The first-order valence-corrected chi connectivity index (χ1v) is 9.32. The van der Waals surface area contributed by atoms with Crippen molar-refractivity contribution in [1.29, 1.82) is 0 Å². The Kier molecular flexibility index (Phi) is 6.14. The van der Waals surface area contributed by atoms with Crippen molar-refractivity contribution in [2.45, 2.75) is 25.5 Å². The van der Waals surface area contributed by atoms with E-state index in [1.165, 1.54) is 19.1 Å². The number of anilines is 2. The summed E-state index contributed by atoms with van der Waals surface area (Å²) in [5.74, 6) is -2.14. The summed E-state index contributed by atoms with van der Waals surface area (Å²) < 4.78 is 59.5. The van der Waals surface area contributed by atoms with Gasteiger partial charge in [0.1, 0.15) is 17.3 Å². The van der Waals surface area contributed by atoms with E-state index in [9.17, 15) is 22.0 Å². The summed E-state index contributed by atoms with van der Waals surface area (Å²) in [7, 11) is -3.85. The summed E-state index contributed by atoms with van der Waals surface area (Å²) in [4.78, 5) is 11.8. The first-order chi connectivity index (χ1) is 12.2. The van der Waals surface area contributed by atoms with E-state index in [4.69, 9.17) is 4.74 Å². The molecule has 0 aliphatic rings. The lowest BCUT2D eigenvalue weighted by Crippen LogP contribution is -2.25. The highest BCUT2D eigenvalue weighted by Crippen LogP contribution is 2.27. The Hall–Kier alpha value is -2.68. The van der Waals surface area contributed by atoms with Gasteiger partial charge in [0, 0.05) is 0 Å². The maximum Gasteiger partial charge on any atom is 0.417 e. The van der Waals surface area contributed by atoms with Crippen LogP contribution in [-0.2, 0) is 10.0 Å². The SMILES string of the molecule is CCC(C)S(=O)(=O)Nc1ccc(F)c(NC(=O)Oc2ccccc2)c1F. The van der Waals surface area contributed by atoms with E-state index < -0.39 is 44.4 Å².